The van der Waals surface area contributed by atoms with Gasteiger partial charge in [-0.25, -0.2) is 4.79 Å². The minimum atomic E-state index is -0.404. The van der Waals surface area contributed by atoms with Gasteiger partial charge in [-0.15, -0.1) is 0 Å². The van der Waals surface area contributed by atoms with Crippen molar-refractivity contribution >= 4 is 52.2 Å². The van der Waals surface area contributed by atoms with E-state index in [1.165, 1.54) is 7.11 Å². The maximum atomic E-state index is 11.8. The van der Waals surface area contributed by atoms with E-state index in [4.69, 9.17) is 54.4 Å². The SMILES string of the molecule is COC(=O)c1ccc(OC[C@H]2c3cc(OC)c(OC)cc3CCN2C(=S)Nc2ccc(Cl)c(Cl)c2)cc1. The summed E-state index contributed by atoms with van der Waals surface area (Å²) in [5, 5.41) is 4.69. The molecule has 0 aromatic heterocycles. The number of nitrogens with one attached hydrogen (secondary N) is 1. The normalized spacial score (nSPS) is 14.4. The zero-order valence-electron chi connectivity index (χ0n) is 20.5. The standard InChI is InChI=1S/C27H26Cl2N2O5S/c1-33-24-12-17-10-11-31(27(37)30-18-6-9-21(28)22(29)13-18)23(20(17)14-25(24)34-2)15-36-19-7-4-16(5-8-19)26(32)35-3/h4-9,12-14,23H,10-11,15H2,1-3H3,(H,30,37)/t23-/m0/s1. The lowest BCUT2D eigenvalue weighted by molar-refractivity contribution is 0.0600. The number of anilines is 1. The van der Waals surface area contributed by atoms with E-state index in [-0.39, 0.29) is 6.04 Å². The van der Waals surface area contributed by atoms with Crippen LogP contribution in [0.3, 0.4) is 0 Å². The number of thiocarbonyl (C=S) groups is 1. The van der Waals surface area contributed by atoms with Crippen molar-refractivity contribution in [3.63, 3.8) is 0 Å². The Balaban J connectivity index is 1.62. The Morgan fingerprint density at radius 3 is 2.35 bits per heavy atom. The van der Waals surface area contributed by atoms with Crippen LogP contribution < -0.4 is 19.5 Å². The summed E-state index contributed by atoms with van der Waals surface area (Å²) in [5.41, 5.74) is 3.33. The van der Waals surface area contributed by atoms with Crippen LogP contribution in [0.1, 0.15) is 27.5 Å². The average molecular weight is 561 g/mol. The smallest absolute Gasteiger partial charge is 0.337 e. The number of fused-ring (bicyclic) bond motifs is 1. The lowest BCUT2D eigenvalue weighted by atomic mass is 9.92. The van der Waals surface area contributed by atoms with Gasteiger partial charge in [-0.1, -0.05) is 23.2 Å². The van der Waals surface area contributed by atoms with E-state index in [2.05, 4.69) is 10.2 Å². The number of ether oxygens (including phenoxy) is 4. The van der Waals surface area contributed by atoms with Crippen LogP contribution in [0.25, 0.3) is 0 Å². The topological polar surface area (TPSA) is 69.3 Å². The van der Waals surface area contributed by atoms with Crippen molar-refractivity contribution in [3.8, 4) is 17.2 Å². The second kappa shape index (κ2) is 11.9. The highest BCUT2D eigenvalue weighted by molar-refractivity contribution is 7.80. The highest BCUT2D eigenvalue weighted by Gasteiger charge is 2.31. The molecule has 0 saturated heterocycles. The van der Waals surface area contributed by atoms with Crippen LogP contribution in [0.15, 0.2) is 54.6 Å². The highest BCUT2D eigenvalue weighted by atomic mass is 35.5. The molecule has 0 bridgehead atoms. The molecule has 1 heterocycles. The summed E-state index contributed by atoms with van der Waals surface area (Å²) in [4.78, 5) is 13.8. The molecule has 1 aliphatic rings. The molecule has 1 N–H and O–H groups in total. The first-order valence-corrected chi connectivity index (χ1v) is 12.6. The fourth-order valence-corrected chi connectivity index (χ4v) is 4.83. The molecule has 0 saturated carbocycles. The lowest BCUT2D eigenvalue weighted by Crippen LogP contribution is -2.44. The molecule has 1 aliphatic heterocycles. The van der Waals surface area contributed by atoms with Gasteiger partial charge in [0, 0.05) is 12.2 Å². The Hall–Kier alpha value is -3.20. The van der Waals surface area contributed by atoms with Gasteiger partial charge in [0.2, 0.25) is 0 Å². The van der Waals surface area contributed by atoms with Gasteiger partial charge in [0.15, 0.2) is 16.6 Å². The fraction of sp³-hybridized carbons (Fsp3) is 0.259. The van der Waals surface area contributed by atoms with Crippen molar-refractivity contribution in [2.75, 3.05) is 39.8 Å². The summed E-state index contributed by atoms with van der Waals surface area (Å²) < 4.78 is 22.0. The molecule has 0 unspecified atom stereocenters. The van der Waals surface area contributed by atoms with E-state index in [0.29, 0.717) is 51.1 Å². The summed E-state index contributed by atoms with van der Waals surface area (Å²) >= 11 is 18.1. The number of methoxy groups -OCH3 is 3. The Labute approximate surface area is 231 Å². The number of hydrogen-bond acceptors (Lipinski definition) is 6. The van der Waals surface area contributed by atoms with Crippen molar-refractivity contribution in [1.29, 1.82) is 0 Å². The molecule has 1 atom stereocenters. The second-order valence-electron chi connectivity index (χ2n) is 8.25. The summed E-state index contributed by atoms with van der Waals surface area (Å²) in [6.07, 6.45) is 0.753. The Kier molecular flexibility index (Phi) is 8.63. The molecular weight excluding hydrogens is 535 g/mol. The molecule has 10 heteroatoms. The van der Waals surface area contributed by atoms with Crippen LogP contribution >= 0.6 is 35.4 Å². The van der Waals surface area contributed by atoms with Crippen molar-refractivity contribution in [2.45, 2.75) is 12.5 Å². The lowest BCUT2D eigenvalue weighted by Gasteiger charge is -2.39. The number of benzene rings is 3. The van der Waals surface area contributed by atoms with Gasteiger partial charge in [-0.3, -0.25) is 0 Å². The van der Waals surface area contributed by atoms with Crippen molar-refractivity contribution in [2.24, 2.45) is 0 Å². The van der Waals surface area contributed by atoms with Crippen LogP contribution in [0.5, 0.6) is 17.2 Å². The van der Waals surface area contributed by atoms with E-state index in [9.17, 15) is 4.79 Å². The second-order valence-corrected chi connectivity index (χ2v) is 9.45. The van der Waals surface area contributed by atoms with E-state index >= 15 is 0 Å². The maximum Gasteiger partial charge on any atom is 0.337 e. The summed E-state index contributed by atoms with van der Waals surface area (Å²) in [6.45, 7) is 0.953. The largest absolute Gasteiger partial charge is 0.493 e. The van der Waals surface area contributed by atoms with Crippen molar-refractivity contribution in [1.82, 2.24) is 4.90 Å². The number of esters is 1. The van der Waals surface area contributed by atoms with Gasteiger partial charge in [0.25, 0.3) is 0 Å². The quantitative estimate of drug-likeness (QED) is 0.271. The van der Waals surface area contributed by atoms with Gasteiger partial charge in [0.1, 0.15) is 12.4 Å². The third-order valence-electron chi connectivity index (χ3n) is 6.12. The summed E-state index contributed by atoms with van der Waals surface area (Å²) in [7, 11) is 4.57. The van der Waals surface area contributed by atoms with Crippen LogP contribution in [0.2, 0.25) is 10.0 Å². The van der Waals surface area contributed by atoms with Gasteiger partial charge in [0.05, 0.1) is 43.0 Å². The maximum absolute atomic E-state index is 11.8. The monoisotopic (exact) mass is 560 g/mol. The molecule has 0 spiro atoms. The van der Waals surface area contributed by atoms with E-state index in [0.717, 1.165) is 23.2 Å². The molecular formula is C27H26Cl2N2O5S. The Morgan fingerprint density at radius 1 is 1.00 bits per heavy atom. The fourth-order valence-electron chi connectivity index (χ4n) is 4.20. The van der Waals surface area contributed by atoms with Crippen LogP contribution in [0.4, 0.5) is 5.69 Å². The third kappa shape index (κ3) is 6.04. The molecule has 4 rings (SSSR count). The van der Waals surface area contributed by atoms with Crippen LogP contribution in [0, 0.1) is 0 Å². The summed E-state index contributed by atoms with van der Waals surface area (Å²) in [6, 6.07) is 15.8. The van der Waals surface area contributed by atoms with Gasteiger partial charge in [-0.05, 0) is 84.4 Å². The minimum absolute atomic E-state index is 0.230. The van der Waals surface area contributed by atoms with E-state index in [1.807, 2.05) is 18.2 Å². The predicted molar refractivity (Wildman–Crippen MR) is 149 cm³/mol. The third-order valence-corrected chi connectivity index (χ3v) is 7.19. The summed E-state index contributed by atoms with van der Waals surface area (Å²) in [5.74, 6) is 1.51. The molecule has 3 aromatic carbocycles. The highest BCUT2D eigenvalue weighted by Crippen LogP contribution is 2.39. The number of rotatable bonds is 7. The first-order chi connectivity index (χ1) is 17.8. The van der Waals surface area contributed by atoms with Crippen molar-refractivity contribution in [3.05, 3.63) is 81.3 Å². The van der Waals surface area contributed by atoms with E-state index < -0.39 is 5.97 Å². The Morgan fingerprint density at radius 2 is 1.70 bits per heavy atom. The zero-order valence-corrected chi connectivity index (χ0v) is 22.9. The van der Waals surface area contributed by atoms with Gasteiger partial charge < -0.3 is 29.2 Å². The van der Waals surface area contributed by atoms with Gasteiger partial charge >= 0.3 is 5.97 Å². The molecule has 0 aliphatic carbocycles. The molecule has 0 fully saturated rings. The molecule has 3 aromatic rings. The zero-order chi connectivity index (χ0) is 26.5. The van der Waals surface area contributed by atoms with Crippen LogP contribution in [-0.2, 0) is 11.2 Å². The number of halogens is 2. The number of hydrogen-bond donors (Lipinski definition) is 1. The number of nitrogens with zero attached hydrogens (tertiary/aromatic N) is 1. The predicted octanol–water partition coefficient (Wildman–Crippen LogP) is 6.17. The first kappa shape index (κ1) is 26.9. The molecule has 0 amide bonds. The molecule has 0 radical (unpaired) electrons. The van der Waals surface area contributed by atoms with Crippen molar-refractivity contribution < 1.29 is 23.7 Å². The average Bonchev–Trinajstić information content (AvgIpc) is 2.92. The Bertz CT molecular complexity index is 1300. The minimum Gasteiger partial charge on any atom is -0.493 e. The van der Waals surface area contributed by atoms with Gasteiger partial charge in [-0.2, -0.15) is 0 Å². The van der Waals surface area contributed by atoms with E-state index in [1.54, 1.807) is 50.6 Å². The molecule has 7 nitrogen and oxygen atoms in total. The first-order valence-electron chi connectivity index (χ1n) is 11.4. The number of carbonyl (C=O) groups excluding carboxylic acids is 1. The molecule has 37 heavy (non-hydrogen) atoms. The number of carbonyl (C=O) groups is 1. The molecule has 194 valence electrons. The van der Waals surface area contributed by atoms with Crippen LogP contribution in [-0.4, -0.2) is 50.5 Å².